The van der Waals surface area contributed by atoms with E-state index in [2.05, 4.69) is 0 Å². The maximum Gasteiger partial charge on any atom is 0.277 e. The number of fused-ring (bicyclic) bond motifs is 6. The van der Waals surface area contributed by atoms with Crippen LogP contribution in [0.1, 0.15) is 46.1 Å². The van der Waals surface area contributed by atoms with Crippen LogP contribution < -0.4 is 10.4 Å². The first-order valence-corrected chi connectivity index (χ1v) is 11.5. The standard InChI is InChI=1S/C26H23F2N3O3/c1-2-10-29-14-31(30-11-9-22(32)24(33)23(30)25(29)34)26-15(12-16-18(26)5-3-7-20(16)27)13-17-19(26)6-4-8-21(17)28/h3-9,11,15,33H,2,10,12-14H2,1H3. The van der Waals surface area contributed by atoms with Gasteiger partial charge in [-0.2, -0.15) is 0 Å². The van der Waals surface area contributed by atoms with Crippen LogP contribution in [0.4, 0.5) is 8.78 Å². The molecule has 1 N–H and O–H groups in total. The molecule has 6 rings (SSSR count). The van der Waals surface area contributed by atoms with E-state index < -0.39 is 22.6 Å². The summed E-state index contributed by atoms with van der Waals surface area (Å²) in [5, 5.41) is 12.6. The predicted octanol–water partition coefficient (Wildman–Crippen LogP) is 3.27. The van der Waals surface area contributed by atoms with E-state index in [9.17, 15) is 14.7 Å². The molecule has 6 nitrogen and oxygen atoms in total. The molecule has 0 unspecified atom stereocenters. The molecule has 34 heavy (non-hydrogen) atoms. The van der Waals surface area contributed by atoms with Crippen molar-refractivity contribution in [3.63, 3.8) is 0 Å². The molecular weight excluding hydrogens is 440 g/mol. The van der Waals surface area contributed by atoms with Crippen LogP contribution in [0.15, 0.2) is 53.5 Å². The second-order valence-electron chi connectivity index (χ2n) is 9.23. The van der Waals surface area contributed by atoms with Gasteiger partial charge in [0.1, 0.15) is 23.8 Å². The van der Waals surface area contributed by atoms with Crippen LogP contribution in [0, 0.1) is 17.6 Å². The van der Waals surface area contributed by atoms with Crippen LogP contribution in [0.25, 0.3) is 0 Å². The number of halogens is 2. The maximum atomic E-state index is 15.0. The van der Waals surface area contributed by atoms with Crippen molar-refractivity contribution in [2.75, 3.05) is 18.2 Å². The van der Waals surface area contributed by atoms with Gasteiger partial charge in [0.05, 0.1) is 0 Å². The van der Waals surface area contributed by atoms with Crippen molar-refractivity contribution in [2.24, 2.45) is 5.92 Å². The topological polar surface area (TPSA) is 65.8 Å². The Labute approximate surface area is 194 Å². The van der Waals surface area contributed by atoms with Crippen molar-refractivity contribution in [1.29, 1.82) is 0 Å². The molecule has 3 aromatic rings. The van der Waals surface area contributed by atoms with Gasteiger partial charge in [0.25, 0.3) is 5.91 Å². The van der Waals surface area contributed by atoms with Crippen molar-refractivity contribution in [3.8, 4) is 5.75 Å². The molecule has 0 spiro atoms. The number of pyridine rings is 1. The third kappa shape index (κ3) is 2.48. The van der Waals surface area contributed by atoms with Crippen LogP contribution >= 0.6 is 0 Å². The smallest absolute Gasteiger partial charge is 0.277 e. The molecular formula is C26H23F2N3O3. The molecule has 0 saturated carbocycles. The molecule has 0 atom stereocenters. The average molecular weight is 463 g/mol. The SMILES string of the molecule is CCCN1CN(C23c4cccc(F)c4CC2Cc2c(F)cccc23)n2ccc(=O)c(O)c2C1=O. The number of aromatic nitrogens is 1. The summed E-state index contributed by atoms with van der Waals surface area (Å²) in [6.07, 6.45) is 2.97. The molecule has 0 radical (unpaired) electrons. The van der Waals surface area contributed by atoms with Gasteiger partial charge in [-0.25, -0.2) is 8.78 Å². The summed E-state index contributed by atoms with van der Waals surface area (Å²) in [5.74, 6) is -1.90. The second kappa shape index (κ2) is 7.16. The van der Waals surface area contributed by atoms with E-state index in [1.807, 2.05) is 24.1 Å². The first-order valence-electron chi connectivity index (χ1n) is 11.5. The number of aromatic hydroxyl groups is 1. The third-order valence-electron chi connectivity index (χ3n) is 7.56. The fourth-order valence-electron chi connectivity index (χ4n) is 6.27. The molecule has 1 aromatic heterocycles. The Morgan fingerprint density at radius 3 is 2.21 bits per heavy atom. The lowest BCUT2D eigenvalue weighted by Gasteiger charge is -2.50. The number of rotatable bonds is 3. The molecule has 1 amide bonds. The highest BCUT2D eigenvalue weighted by molar-refractivity contribution is 5.96. The Hall–Kier alpha value is -3.68. The van der Waals surface area contributed by atoms with Gasteiger partial charge in [-0.15, -0.1) is 0 Å². The maximum absolute atomic E-state index is 15.0. The fraction of sp³-hybridized carbons (Fsp3) is 0.308. The molecule has 8 heteroatoms. The van der Waals surface area contributed by atoms with Gasteiger partial charge < -0.3 is 10.0 Å². The molecule has 3 aliphatic rings. The van der Waals surface area contributed by atoms with Crippen molar-refractivity contribution in [1.82, 2.24) is 9.58 Å². The largest absolute Gasteiger partial charge is 0.502 e. The zero-order valence-corrected chi connectivity index (χ0v) is 18.6. The van der Waals surface area contributed by atoms with E-state index >= 15 is 8.78 Å². The second-order valence-corrected chi connectivity index (χ2v) is 9.23. The summed E-state index contributed by atoms with van der Waals surface area (Å²) in [6.45, 7) is 2.49. The third-order valence-corrected chi connectivity index (χ3v) is 7.56. The lowest BCUT2D eigenvalue weighted by Crippen LogP contribution is -2.63. The van der Waals surface area contributed by atoms with E-state index in [-0.39, 0.29) is 29.9 Å². The summed E-state index contributed by atoms with van der Waals surface area (Å²) in [7, 11) is 0. The lowest BCUT2D eigenvalue weighted by atomic mass is 9.81. The molecule has 2 aliphatic carbocycles. The Morgan fingerprint density at radius 2 is 1.62 bits per heavy atom. The minimum Gasteiger partial charge on any atom is -0.502 e. The van der Waals surface area contributed by atoms with Crippen LogP contribution in [0.5, 0.6) is 5.75 Å². The van der Waals surface area contributed by atoms with Gasteiger partial charge in [-0.3, -0.25) is 19.3 Å². The van der Waals surface area contributed by atoms with Gasteiger partial charge in [0.2, 0.25) is 5.43 Å². The van der Waals surface area contributed by atoms with E-state index in [1.165, 1.54) is 29.1 Å². The summed E-state index contributed by atoms with van der Waals surface area (Å²) < 4.78 is 31.5. The molecule has 0 fully saturated rings. The van der Waals surface area contributed by atoms with E-state index in [1.54, 1.807) is 17.0 Å². The summed E-state index contributed by atoms with van der Waals surface area (Å²) in [4.78, 5) is 27.2. The van der Waals surface area contributed by atoms with Crippen LogP contribution in [-0.4, -0.2) is 33.8 Å². The molecule has 174 valence electrons. The number of nitrogens with zero attached hydrogens (tertiary/aromatic N) is 3. The zero-order chi connectivity index (χ0) is 23.8. The van der Waals surface area contributed by atoms with Crippen LogP contribution in [0.3, 0.4) is 0 Å². The first kappa shape index (κ1) is 20.9. The normalized spacial score (nSPS) is 22.4. The summed E-state index contributed by atoms with van der Waals surface area (Å²) in [6, 6.07) is 11.1. The quantitative estimate of drug-likeness (QED) is 0.648. The highest BCUT2D eigenvalue weighted by atomic mass is 19.1. The summed E-state index contributed by atoms with van der Waals surface area (Å²) >= 11 is 0. The fourth-order valence-corrected chi connectivity index (χ4v) is 6.27. The van der Waals surface area contributed by atoms with E-state index in [0.717, 1.165) is 11.1 Å². The lowest BCUT2D eigenvalue weighted by molar-refractivity contribution is 0.0647. The van der Waals surface area contributed by atoms with Gasteiger partial charge in [-0.1, -0.05) is 31.2 Å². The minimum absolute atomic E-state index is 0.130. The Morgan fingerprint density at radius 1 is 1.00 bits per heavy atom. The number of carbonyl (C=O) groups is 1. The summed E-state index contributed by atoms with van der Waals surface area (Å²) in [5.41, 5.74) is 0.838. The van der Waals surface area contributed by atoms with Gasteiger partial charge in [0.15, 0.2) is 11.4 Å². The van der Waals surface area contributed by atoms with E-state index in [0.29, 0.717) is 36.9 Å². The first-order chi connectivity index (χ1) is 16.4. The number of hydrogen-bond donors (Lipinski definition) is 1. The minimum atomic E-state index is -0.974. The van der Waals surface area contributed by atoms with Crippen molar-refractivity contribution < 1.29 is 18.7 Å². The van der Waals surface area contributed by atoms with Gasteiger partial charge in [0, 0.05) is 24.7 Å². The van der Waals surface area contributed by atoms with Crippen molar-refractivity contribution in [2.45, 2.75) is 31.7 Å². The Balaban J connectivity index is 1.70. The van der Waals surface area contributed by atoms with Gasteiger partial charge in [-0.05, 0) is 53.6 Å². The molecule has 0 bridgehead atoms. The number of hydrogen-bond acceptors (Lipinski definition) is 4. The number of carbonyl (C=O) groups excluding carboxylic acids is 1. The van der Waals surface area contributed by atoms with Crippen molar-refractivity contribution >= 4 is 5.91 Å². The highest BCUT2D eigenvalue weighted by Gasteiger charge is 2.59. The molecule has 1 aliphatic heterocycles. The Kier molecular flexibility index (Phi) is 4.40. The predicted molar refractivity (Wildman–Crippen MR) is 121 cm³/mol. The molecule has 2 aromatic carbocycles. The number of amides is 1. The average Bonchev–Trinajstić information content (AvgIpc) is 3.32. The molecule has 0 saturated heterocycles. The van der Waals surface area contributed by atoms with E-state index in [4.69, 9.17) is 0 Å². The monoisotopic (exact) mass is 463 g/mol. The van der Waals surface area contributed by atoms with Crippen LogP contribution in [-0.2, 0) is 18.4 Å². The number of benzene rings is 2. The highest BCUT2D eigenvalue weighted by Crippen LogP contribution is 2.57. The van der Waals surface area contributed by atoms with Gasteiger partial charge >= 0.3 is 0 Å². The zero-order valence-electron chi connectivity index (χ0n) is 18.6. The van der Waals surface area contributed by atoms with Crippen molar-refractivity contribution in [3.05, 3.63) is 98.5 Å². The van der Waals surface area contributed by atoms with Crippen LogP contribution in [0.2, 0.25) is 0 Å². The molecule has 2 heterocycles. The Bertz CT molecular complexity index is 1360.